The van der Waals surface area contributed by atoms with Crippen molar-refractivity contribution >= 4 is 0 Å². The second-order valence-corrected chi connectivity index (χ2v) is 5.62. The van der Waals surface area contributed by atoms with Crippen molar-refractivity contribution in [2.75, 3.05) is 34.4 Å². The lowest BCUT2D eigenvalue weighted by Crippen LogP contribution is -2.30. The molecular formula is C16H26N2O3. The van der Waals surface area contributed by atoms with E-state index in [2.05, 4.69) is 12.2 Å². The molecule has 5 nitrogen and oxygen atoms in total. The fourth-order valence-corrected chi connectivity index (χ4v) is 2.62. The number of nitrogens with two attached hydrogens (primary N) is 1. The van der Waals surface area contributed by atoms with Crippen molar-refractivity contribution < 1.29 is 14.2 Å². The molecule has 5 heteroatoms. The molecule has 0 bridgehead atoms. The van der Waals surface area contributed by atoms with Crippen molar-refractivity contribution in [3.05, 3.63) is 17.7 Å². The van der Waals surface area contributed by atoms with E-state index >= 15 is 0 Å². The van der Waals surface area contributed by atoms with Crippen LogP contribution in [0.4, 0.5) is 0 Å². The molecule has 21 heavy (non-hydrogen) atoms. The number of hydrogen-bond acceptors (Lipinski definition) is 5. The van der Waals surface area contributed by atoms with Gasteiger partial charge >= 0.3 is 0 Å². The van der Waals surface area contributed by atoms with Crippen LogP contribution in [0.3, 0.4) is 0 Å². The smallest absolute Gasteiger partial charge is 0.164 e. The Morgan fingerprint density at radius 3 is 2.19 bits per heavy atom. The van der Waals surface area contributed by atoms with Crippen molar-refractivity contribution in [3.63, 3.8) is 0 Å². The van der Waals surface area contributed by atoms with Gasteiger partial charge < -0.3 is 25.3 Å². The van der Waals surface area contributed by atoms with Crippen molar-refractivity contribution in [2.24, 2.45) is 17.6 Å². The van der Waals surface area contributed by atoms with Crippen LogP contribution in [0.2, 0.25) is 0 Å². The lowest BCUT2D eigenvalue weighted by atomic mass is 10.0. The summed E-state index contributed by atoms with van der Waals surface area (Å²) in [5.41, 5.74) is 6.95. The molecule has 0 spiro atoms. The monoisotopic (exact) mass is 294 g/mol. The highest BCUT2D eigenvalue weighted by Gasteiger charge is 2.32. The highest BCUT2D eigenvalue weighted by Crippen LogP contribution is 2.39. The molecule has 0 amide bonds. The third-order valence-electron chi connectivity index (χ3n) is 4.25. The van der Waals surface area contributed by atoms with Gasteiger partial charge in [0.05, 0.1) is 21.3 Å². The van der Waals surface area contributed by atoms with E-state index in [4.69, 9.17) is 19.9 Å². The summed E-state index contributed by atoms with van der Waals surface area (Å²) in [7, 11) is 4.90. The van der Waals surface area contributed by atoms with E-state index in [1.807, 2.05) is 12.1 Å². The number of nitrogens with one attached hydrogen (secondary N) is 1. The Morgan fingerprint density at radius 2 is 1.71 bits per heavy atom. The lowest BCUT2D eigenvalue weighted by molar-refractivity contribution is 0.345. The van der Waals surface area contributed by atoms with Gasteiger partial charge in [-0.25, -0.2) is 0 Å². The Kier molecular flexibility index (Phi) is 5.31. The molecule has 1 aromatic carbocycles. The maximum Gasteiger partial charge on any atom is 0.164 e. The summed E-state index contributed by atoms with van der Waals surface area (Å²) in [6, 6.07) is 3.84. The summed E-state index contributed by atoms with van der Waals surface area (Å²) >= 11 is 0. The van der Waals surface area contributed by atoms with Crippen molar-refractivity contribution in [2.45, 2.75) is 19.4 Å². The first-order valence-electron chi connectivity index (χ1n) is 7.37. The lowest BCUT2D eigenvalue weighted by Gasteiger charge is -2.21. The quantitative estimate of drug-likeness (QED) is 0.767. The van der Waals surface area contributed by atoms with Crippen LogP contribution in [0, 0.1) is 11.8 Å². The number of hydrogen-bond donors (Lipinski definition) is 2. The zero-order valence-electron chi connectivity index (χ0n) is 13.3. The molecule has 1 saturated carbocycles. The minimum absolute atomic E-state index is 0.0487. The molecule has 1 aromatic rings. The molecule has 0 radical (unpaired) electrons. The van der Waals surface area contributed by atoms with Gasteiger partial charge in [-0.05, 0) is 30.9 Å². The molecule has 1 aliphatic rings. The molecule has 0 saturated heterocycles. The third kappa shape index (κ3) is 3.60. The molecule has 118 valence electrons. The van der Waals surface area contributed by atoms with Gasteiger partial charge in [0.1, 0.15) is 5.75 Å². The van der Waals surface area contributed by atoms with Gasteiger partial charge in [0.15, 0.2) is 11.5 Å². The Balaban J connectivity index is 2.21. The average Bonchev–Trinajstić information content (AvgIpc) is 3.22. The first kappa shape index (κ1) is 15.9. The zero-order valence-corrected chi connectivity index (χ0v) is 13.3. The highest BCUT2D eigenvalue weighted by atomic mass is 16.5. The van der Waals surface area contributed by atoms with Crippen LogP contribution in [0.15, 0.2) is 12.1 Å². The van der Waals surface area contributed by atoms with Gasteiger partial charge in [-0.3, -0.25) is 0 Å². The molecule has 1 fully saturated rings. The first-order valence-corrected chi connectivity index (χ1v) is 7.37. The number of benzene rings is 1. The van der Waals surface area contributed by atoms with Crippen molar-refractivity contribution in [3.8, 4) is 17.2 Å². The van der Waals surface area contributed by atoms with Crippen molar-refractivity contribution in [1.29, 1.82) is 0 Å². The summed E-state index contributed by atoms with van der Waals surface area (Å²) in [6.07, 6.45) is 1.30. The molecule has 0 heterocycles. The van der Waals surface area contributed by atoms with Crippen LogP contribution in [0.1, 0.15) is 24.9 Å². The SMILES string of the molecule is COc1cc(OC)c(C(CN)NCC2CC2C)cc1OC. The summed E-state index contributed by atoms with van der Waals surface area (Å²) in [4.78, 5) is 0. The molecule has 3 unspecified atom stereocenters. The van der Waals surface area contributed by atoms with Crippen LogP contribution in [-0.4, -0.2) is 34.4 Å². The van der Waals surface area contributed by atoms with E-state index in [1.165, 1.54) is 6.42 Å². The summed E-state index contributed by atoms with van der Waals surface area (Å²) in [6.45, 7) is 3.77. The number of rotatable bonds is 8. The maximum atomic E-state index is 5.94. The van der Waals surface area contributed by atoms with Gasteiger partial charge in [0, 0.05) is 24.2 Å². The largest absolute Gasteiger partial charge is 0.496 e. The molecule has 2 rings (SSSR count). The number of ether oxygens (including phenoxy) is 3. The fraction of sp³-hybridized carbons (Fsp3) is 0.625. The summed E-state index contributed by atoms with van der Waals surface area (Å²) in [5.74, 6) is 3.70. The van der Waals surface area contributed by atoms with Crippen LogP contribution in [0.5, 0.6) is 17.2 Å². The van der Waals surface area contributed by atoms with E-state index in [0.29, 0.717) is 18.0 Å². The molecule has 1 aliphatic carbocycles. The normalized spacial score (nSPS) is 21.8. The van der Waals surface area contributed by atoms with Gasteiger partial charge in [-0.15, -0.1) is 0 Å². The minimum Gasteiger partial charge on any atom is -0.496 e. The highest BCUT2D eigenvalue weighted by molar-refractivity contribution is 5.52. The molecular weight excluding hydrogens is 268 g/mol. The van der Waals surface area contributed by atoms with Gasteiger partial charge in [0.2, 0.25) is 0 Å². The summed E-state index contributed by atoms with van der Waals surface area (Å²) in [5, 5.41) is 3.54. The van der Waals surface area contributed by atoms with E-state index in [0.717, 1.165) is 29.7 Å². The van der Waals surface area contributed by atoms with Crippen molar-refractivity contribution in [1.82, 2.24) is 5.32 Å². The van der Waals surface area contributed by atoms with E-state index in [1.54, 1.807) is 21.3 Å². The molecule has 3 N–H and O–H groups in total. The predicted octanol–water partition coefficient (Wildman–Crippen LogP) is 1.96. The van der Waals surface area contributed by atoms with Crippen LogP contribution in [-0.2, 0) is 0 Å². The van der Waals surface area contributed by atoms with Gasteiger partial charge in [-0.2, -0.15) is 0 Å². The molecule has 3 atom stereocenters. The second kappa shape index (κ2) is 7.00. The first-order chi connectivity index (χ1) is 10.1. The standard InChI is InChI=1S/C16H26N2O3/c1-10-5-11(10)9-18-13(8-17)12-6-15(20-3)16(21-4)7-14(12)19-2/h6-7,10-11,13,18H,5,8-9,17H2,1-4H3. The van der Waals surface area contributed by atoms with E-state index in [9.17, 15) is 0 Å². The minimum atomic E-state index is 0.0487. The average molecular weight is 294 g/mol. The van der Waals surface area contributed by atoms with Crippen LogP contribution in [0.25, 0.3) is 0 Å². The fourth-order valence-electron chi connectivity index (χ4n) is 2.62. The van der Waals surface area contributed by atoms with E-state index < -0.39 is 0 Å². The third-order valence-corrected chi connectivity index (χ3v) is 4.25. The number of methoxy groups -OCH3 is 3. The van der Waals surface area contributed by atoms with E-state index in [-0.39, 0.29) is 6.04 Å². The predicted molar refractivity (Wildman–Crippen MR) is 83.2 cm³/mol. The van der Waals surface area contributed by atoms with Gasteiger partial charge in [0.25, 0.3) is 0 Å². The Hall–Kier alpha value is -1.46. The maximum absolute atomic E-state index is 5.94. The van der Waals surface area contributed by atoms with Crippen LogP contribution < -0.4 is 25.3 Å². The van der Waals surface area contributed by atoms with Gasteiger partial charge in [-0.1, -0.05) is 6.92 Å². The molecule has 0 aliphatic heterocycles. The Bertz CT molecular complexity index is 479. The molecule has 0 aromatic heterocycles. The Morgan fingerprint density at radius 1 is 1.14 bits per heavy atom. The summed E-state index contributed by atoms with van der Waals surface area (Å²) < 4.78 is 16.2. The second-order valence-electron chi connectivity index (χ2n) is 5.62. The topological polar surface area (TPSA) is 65.7 Å². The Labute approximate surface area is 126 Å². The van der Waals surface area contributed by atoms with Crippen LogP contribution >= 0.6 is 0 Å². The zero-order chi connectivity index (χ0) is 15.4.